The molecule has 0 unspecified atom stereocenters. The molecule has 0 aliphatic carbocycles. The van der Waals surface area contributed by atoms with Crippen molar-refractivity contribution >= 4 is 27.0 Å². The molecule has 0 saturated carbocycles. The van der Waals surface area contributed by atoms with E-state index < -0.39 is 0 Å². The average Bonchev–Trinajstić information content (AvgIpc) is 2.89. The van der Waals surface area contributed by atoms with Crippen LogP contribution in [0.5, 0.6) is 5.75 Å². The lowest BCUT2D eigenvalue weighted by Gasteiger charge is -2.18. The molecule has 7 heteroatoms. The summed E-state index contributed by atoms with van der Waals surface area (Å²) < 4.78 is 9.55. The zero-order valence-corrected chi connectivity index (χ0v) is 15.5. The monoisotopic (exact) mass is 391 g/mol. The Kier molecular flexibility index (Phi) is 4.45. The summed E-state index contributed by atoms with van der Waals surface area (Å²) in [5.74, 6) is 0.693. The van der Waals surface area contributed by atoms with Gasteiger partial charge < -0.3 is 4.74 Å². The predicted molar refractivity (Wildman–Crippen MR) is 92.8 cm³/mol. The lowest BCUT2D eigenvalue weighted by molar-refractivity contribution is -0.905. The lowest BCUT2D eigenvalue weighted by Crippen LogP contribution is -2.29. The number of nitrogens with zero attached hydrogens (tertiary/aromatic N) is 4. The van der Waals surface area contributed by atoms with E-state index in [1.807, 2.05) is 22.9 Å². The van der Waals surface area contributed by atoms with Gasteiger partial charge in [-0.2, -0.15) is 0 Å². The first-order valence-corrected chi connectivity index (χ1v) is 8.47. The maximum absolute atomic E-state index is 9.43. The molecule has 24 heavy (non-hydrogen) atoms. The number of fused-ring (bicyclic) bond motifs is 1. The maximum atomic E-state index is 9.43. The fourth-order valence-corrected chi connectivity index (χ4v) is 2.95. The minimum absolute atomic E-state index is 0.120. The number of ether oxygens (including phenoxy) is 1. The zero-order valence-electron chi connectivity index (χ0n) is 13.9. The van der Waals surface area contributed by atoms with E-state index in [2.05, 4.69) is 47.0 Å². The molecule has 6 nitrogen and oxygen atoms in total. The van der Waals surface area contributed by atoms with Crippen LogP contribution in [0, 0.1) is 5.41 Å². The summed E-state index contributed by atoms with van der Waals surface area (Å²) in [6.45, 7) is 7.64. The molecule has 1 aromatic carbocycles. The van der Waals surface area contributed by atoms with Gasteiger partial charge in [0.05, 0.1) is 15.6 Å². The predicted octanol–water partition coefficient (Wildman–Crippen LogP) is 3.34. The summed E-state index contributed by atoms with van der Waals surface area (Å²) in [5, 5.41) is 18.0. The Morgan fingerprint density at radius 1 is 1.29 bits per heavy atom. The third kappa shape index (κ3) is 3.67. The van der Waals surface area contributed by atoms with Crippen LogP contribution in [0.2, 0.25) is 0 Å². The number of pyridine rings is 1. The zero-order chi connectivity index (χ0) is 17.3. The number of hydrogen-bond acceptors (Lipinski definition) is 4. The van der Waals surface area contributed by atoms with Crippen molar-refractivity contribution in [3.8, 4) is 5.75 Å². The molecule has 3 rings (SSSR count). The van der Waals surface area contributed by atoms with Gasteiger partial charge in [0.15, 0.2) is 0 Å². The fourth-order valence-electron chi connectivity index (χ4n) is 2.42. The van der Waals surface area contributed by atoms with Crippen molar-refractivity contribution in [3.05, 3.63) is 46.7 Å². The van der Waals surface area contributed by atoms with Crippen LogP contribution >= 0.6 is 15.9 Å². The quantitative estimate of drug-likeness (QED) is 0.547. The Morgan fingerprint density at radius 3 is 2.79 bits per heavy atom. The first kappa shape index (κ1) is 16.7. The van der Waals surface area contributed by atoms with E-state index in [9.17, 15) is 5.21 Å². The van der Waals surface area contributed by atoms with Gasteiger partial charge in [-0.25, -0.2) is 4.68 Å². The standard InChI is InChI=1S/C17H20BrN4O2/c1-17(2,3)11-22-13-6-7-14(15(18)16(13)19-20-22)24-10-12-5-4-8-21(23)9-12/h4-9,23H,10-11H2,1-3H3/q+1. The SMILES string of the molecule is CC(C)(C)Cn1nnc2c(Br)c(OCc3ccc[n+](O)c3)ccc21. The van der Waals surface area contributed by atoms with E-state index >= 15 is 0 Å². The Bertz CT molecular complexity index is 871. The molecule has 0 fully saturated rings. The van der Waals surface area contributed by atoms with Gasteiger partial charge in [-0.05, 0) is 39.5 Å². The molecule has 1 N–H and O–H groups in total. The molecule has 0 spiro atoms. The third-order valence-electron chi connectivity index (χ3n) is 3.46. The van der Waals surface area contributed by atoms with Gasteiger partial charge in [0.2, 0.25) is 12.4 Å². The summed E-state index contributed by atoms with van der Waals surface area (Å²) in [7, 11) is 0. The van der Waals surface area contributed by atoms with Crippen LogP contribution < -0.4 is 9.47 Å². The van der Waals surface area contributed by atoms with E-state index in [1.54, 1.807) is 18.5 Å². The van der Waals surface area contributed by atoms with Gasteiger partial charge in [-0.15, -0.1) is 5.10 Å². The number of aromatic nitrogens is 4. The maximum Gasteiger partial charge on any atom is 0.228 e. The highest BCUT2D eigenvalue weighted by Crippen LogP contribution is 2.33. The van der Waals surface area contributed by atoms with Crippen LogP contribution in [0.1, 0.15) is 26.3 Å². The van der Waals surface area contributed by atoms with Crippen molar-refractivity contribution in [3.63, 3.8) is 0 Å². The van der Waals surface area contributed by atoms with Crippen molar-refractivity contribution in [2.75, 3.05) is 0 Å². The van der Waals surface area contributed by atoms with Gasteiger partial charge in [0.1, 0.15) is 17.9 Å². The second kappa shape index (κ2) is 6.39. The van der Waals surface area contributed by atoms with E-state index in [4.69, 9.17) is 4.74 Å². The Hall–Kier alpha value is -2.15. The van der Waals surface area contributed by atoms with Gasteiger partial charge in [0, 0.05) is 17.3 Å². The van der Waals surface area contributed by atoms with E-state index in [0.29, 0.717) is 12.4 Å². The van der Waals surface area contributed by atoms with E-state index in [0.717, 1.165) is 32.3 Å². The minimum atomic E-state index is 0.120. The molecule has 0 bridgehead atoms. The summed E-state index contributed by atoms with van der Waals surface area (Å²) in [4.78, 5) is 0. The Labute approximate surface area is 148 Å². The second-order valence-electron chi connectivity index (χ2n) is 6.93. The number of hydrogen-bond donors (Lipinski definition) is 1. The normalized spacial score (nSPS) is 11.8. The molecule has 2 aromatic heterocycles. The van der Waals surface area contributed by atoms with Gasteiger partial charge >= 0.3 is 0 Å². The summed E-state index contributed by atoms with van der Waals surface area (Å²) in [6.07, 6.45) is 3.16. The highest BCUT2D eigenvalue weighted by molar-refractivity contribution is 9.10. The molecule has 2 heterocycles. The van der Waals surface area contributed by atoms with Crippen LogP contribution in [0.4, 0.5) is 0 Å². The molecule has 0 amide bonds. The number of rotatable bonds is 4. The van der Waals surface area contributed by atoms with Crippen LogP contribution in [0.15, 0.2) is 41.1 Å². The van der Waals surface area contributed by atoms with Gasteiger partial charge in [-0.3, -0.25) is 5.21 Å². The molecule has 0 aliphatic rings. The molecule has 0 radical (unpaired) electrons. The van der Waals surface area contributed by atoms with Crippen molar-refractivity contribution in [2.24, 2.45) is 5.41 Å². The van der Waals surface area contributed by atoms with Crippen molar-refractivity contribution in [1.29, 1.82) is 0 Å². The van der Waals surface area contributed by atoms with E-state index in [1.165, 1.54) is 0 Å². The van der Waals surface area contributed by atoms with Crippen LogP contribution in [0.3, 0.4) is 0 Å². The van der Waals surface area contributed by atoms with Crippen LogP contribution in [-0.2, 0) is 13.2 Å². The van der Waals surface area contributed by atoms with Crippen molar-refractivity contribution in [1.82, 2.24) is 15.0 Å². The Morgan fingerprint density at radius 2 is 2.08 bits per heavy atom. The van der Waals surface area contributed by atoms with Gasteiger partial charge in [0.25, 0.3) is 0 Å². The molecule has 126 valence electrons. The number of halogens is 1. The first-order chi connectivity index (χ1) is 11.3. The topological polar surface area (TPSA) is 64.0 Å². The summed E-state index contributed by atoms with van der Waals surface area (Å²) >= 11 is 3.57. The van der Waals surface area contributed by atoms with Crippen LogP contribution in [-0.4, -0.2) is 20.2 Å². The molecule has 0 aliphatic heterocycles. The summed E-state index contributed by atoms with van der Waals surface area (Å²) in [6, 6.07) is 7.52. The molecule has 0 atom stereocenters. The third-order valence-corrected chi connectivity index (χ3v) is 4.22. The molecule has 0 saturated heterocycles. The van der Waals surface area contributed by atoms with Crippen molar-refractivity contribution < 1.29 is 14.7 Å². The second-order valence-corrected chi connectivity index (χ2v) is 7.73. The highest BCUT2D eigenvalue weighted by atomic mass is 79.9. The summed E-state index contributed by atoms with van der Waals surface area (Å²) in [5.41, 5.74) is 2.73. The minimum Gasteiger partial charge on any atom is -0.487 e. The highest BCUT2D eigenvalue weighted by Gasteiger charge is 2.17. The smallest absolute Gasteiger partial charge is 0.228 e. The molecule has 3 aromatic rings. The van der Waals surface area contributed by atoms with Crippen molar-refractivity contribution in [2.45, 2.75) is 33.9 Å². The Balaban J connectivity index is 1.84. The first-order valence-electron chi connectivity index (χ1n) is 7.67. The average molecular weight is 392 g/mol. The number of benzene rings is 1. The molecular formula is C17H20BrN4O2+. The molecular weight excluding hydrogens is 372 g/mol. The van der Waals surface area contributed by atoms with Gasteiger partial charge in [-0.1, -0.05) is 26.0 Å². The van der Waals surface area contributed by atoms with Crippen LogP contribution in [0.25, 0.3) is 11.0 Å². The largest absolute Gasteiger partial charge is 0.487 e. The fraction of sp³-hybridized carbons (Fsp3) is 0.353. The van der Waals surface area contributed by atoms with E-state index in [-0.39, 0.29) is 5.41 Å². The lowest BCUT2D eigenvalue weighted by atomic mass is 9.97.